The first-order chi connectivity index (χ1) is 13.1. The minimum absolute atomic E-state index is 0.0156. The third-order valence-electron chi connectivity index (χ3n) is 4.82. The van der Waals surface area contributed by atoms with Crippen molar-refractivity contribution in [2.45, 2.75) is 18.8 Å². The standard InChI is InChI=1S/C20H19FN4O2/c21-15-8-9-17(26)16(11-15)20(27)25-10-4-7-14(12-25)19-22-18(23-24-19)13-5-2-1-3-6-13/h1-3,5-6,8-9,11,14,26H,4,7,10,12H2,(H,22,23,24). The number of hydrogen-bond donors (Lipinski definition) is 2. The second-order valence-electron chi connectivity index (χ2n) is 6.66. The van der Waals surface area contributed by atoms with Crippen molar-refractivity contribution in [1.29, 1.82) is 0 Å². The Kier molecular flexibility index (Phi) is 4.58. The number of nitrogens with one attached hydrogen (secondary N) is 1. The summed E-state index contributed by atoms with van der Waals surface area (Å²) in [5.41, 5.74) is 0.909. The molecule has 1 aliphatic heterocycles. The summed E-state index contributed by atoms with van der Waals surface area (Å²) in [5.74, 6) is 0.233. The number of H-pyrrole nitrogens is 1. The zero-order valence-corrected chi connectivity index (χ0v) is 14.6. The number of aromatic nitrogens is 3. The number of nitrogens with zero attached hydrogens (tertiary/aromatic N) is 3. The molecule has 7 heteroatoms. The molecule has 1 amide bonds. The fraction of sp³-hybridized carbons (Fsp3) is 0.250. The SMILES string of the molecule is O=C(c1cc(F)ccc1O)N1CCCC(c2nc(-c3ccccc3)n[nH]2)C1. The number of aromatic amines is 1. The molecule has 0 bridgehead atoms. The first kappa shape index (κ1) is 17.2. The first-order valence-electron chi connectivity index (χ1n) is 8.87. The van der Waals surface area contributed by atoms with Crippen molar-refractivity contribution in [2.75, 3.05) is 13.1 Å². The summed E-state index contributed by atoms with van der Waals surface area (Å²) in [6, 6.07) is 13.1. The zero-order valence-electron chi connectivity index (χ0n) is 14.6. The monoisotopic (exact) mass is 366 g/mol. The highest BCUT2D eigenvalue weighted by Crippen LogP contribution is 2.28. The lowest BCUT2D eigenvalue weighted by Gasteiger charge is -2.31. The molecule has 2 aromatic carbocycles. The van der Waals surface area contributed by atoms with Gasteiger partial charge in [0.15, 0.2) is 5.82 Å². The van der Waals surface area contributed by atoms with Gasteiger partial charge in [-0.2, -0.15) is 5.10 Å². The number of hydrogen-bond acceptors (Lipinski definition) is 4. The molecule has 1 aromatic heterocycles. The summed E-state index contributed by atoms with van der Waals surface area (Å²) in [5, 5.41) is 17.2. The molecule has 3 aromatic rings. The number of likely N-dealkylation sites (tertiary alicyclic amines) is 1. The van der Waals surface area contributed by atoms with E-state index in [1.54, 1.807) is 4.90 Å². The molecule has 4 rings (SSSR count). The van der Waals surface area contributed by atoms with E-state index in [4.69, 9.17) is 0 Å². The number of carbonyl (C=O) groups is 1. The quantitative estimate of drug-likeness (QED) is 0.745. The number of piperidine rings is 1. The molecule has 0 spiro atoms. The number of carbonyl (C=O) groups excluding carboxylic acids is 1. The van der Waals surface area contributed by atoms with Crippen LogP contribution < -0.4 is 0 Å². The molecule has 0 aliphatic carbocycles. The van der Waals surface area contributed by atoms with Crippen molar-refractivity contribution in [2.24, 2.45) is 0 Å². The van der Waals surface area contributed by atoms with Crippen molar-refractivity contribution in [3.8, 4) is 17.1 Å². The van der Waals surface area contributed by atoms with Crippen molar-refractivity contribution in [1.82, 2.24) is 20.1 Å². The van der Waals surface area contributed by atoms with E-state index in [1.807, 2.05) is 30.3 Å². The Morgan fingerprint density at radius 2 is 2.04 bits per heavy atom. The van der Waals surface area contributed by atoms with Gasteiger partial charge in [0.25, 0.3) is 5.91 Å². The van der Waals surface area contributed by atoms with Crippen LogP contribution in [0, 0.1) is 5.82 Å². The summed E-state index contributed by atoms with van der Waals surface area (Å²) in [4.78, 5) is 19.0. The van der Waals surface area contributed by atoms with Crippen LogP contribution in [0.2, 0.25) is 0 Å². The normalized spacial score (nSPS) is 17.1. The predicted molar refractivity (Wildman–Crippen MR) is 97.8 cm³/mol. The van der Waals surface area contributed by atoms with Crippen LogP contribution in [0.1, 0.15) is 34.9 Å². The molecule has 0 radical (unpaired) electrons. The van der Waals surface area contributed by atoms with Crippen LogP contribution in [0.4, 0.5) is 4.39 Å². The number of phenols is 1. The van der Waals surface area contributed by atoms with Gasteiger partial charge in [-0.3, -0.25) is 9.89 Å². The number of phenolic OH excluding ortho intramolecular Hbond substituents is 1. The van der Waals surface area contributed by atoms with Crippen LogP contribution in [0.5, 0.6) is 5.75 Å². The highest BCUT2D eigenvalue weighted by Gasteiger charge is 2.29. The van der Waals surface area contributed by atoms with Crippen molar-refractivity contribution in [3.63, 3.8) is 0 Å². The molecule has 1 saturated heterocycles. The van der Waals surface area contributed by atoms with Gasteiger partial charge in [0.1, 0.15) is 17.4 Å². The van der Waals surface area contributed by atoms with Gasteiger partial charge in [0.05, 0.1) is 5.56 Å². The molecule has 1 aliphatic rings. The number of aromatic hydroxyl groups is 1. The van der Waals surface area contributed by atoms with Crippen LogP contribution in [-0.2, 0) is 0 Å². The van der Waals surface area contributed by atoms with Gasteiger partial charge in [-0.1, -0.05) is 30.3 Å². The highest BCUT2D eigenvalue weighted by atomic mass is 19.1. The highest BCUT2D eigenvalue weighted by molar-refractivity contribution is 5.96. The van der Waals surface area contributed by atoms with Gasteiger partial charge in [0, 0.05) is 24.6 Å². The number of rotatable bonds is 3. The average molecular weight is 366 g/mol. The average Bonchev–Trinajstić information content (AvgIpc) is 3.20. The zero-order chi connectivity index (χ0) is 18.8. The van der Waals surface area contributed by atoms with Crippen LogP contribution in [0.25, 0.3) is 11.4 Å². The maximum absolute atomic E-state index is 13.5. The predicted octanol–water partition coefficient (Wildman–Crippen LogP) is 3.34. The summed E-state index contributed by atoms with van der Waals surface area (Å²) < 4.78 is 13.5. The van der Waals surface area contributed by atoms with E-state index in [2.05, 4.69) is 15.2 Å². The lowest BCUT2D eigenvalue weighted by atomic mass is 9.96. The minimum Gasteiger partial charge on any atom is -0.507 e. The Hall–Kier alpha value is -3.22. The second-order valence-corrected chi connectivity index (χ2v) is 6.66. The van der Waals surface area contributed by atoms with E-state index in [9.17, 15) is 14.3 Å². The summed E-state index contributed by atoms with van der Waals surface area (Å²) in [6.07, 6.45) is 1.68. The fourth-order valence-electron chi connectivity index (χ4n) is 3.41. The molecular weight excluding hydrogens is 347 g/mol. The molecule has 2 N–H and O–H groups in total. The smallest absolute Gasteiger partial charge is 0.257 e. The maximum atomic E-state index is 13.5. The van der Waals surface area contributed by atoms with Gasteiger partial charge >= 0.3 is 0 Å². The Bertz CT molecular complexity index is 958. The van der Waals surface area contributed by atoms with E-state index < -0.39 is 5.82 Å². The lowest BCUT2D eigenvalue weighted by molar-refractivity contribution is 0.0701. The van der Waals surface area contributed by atoms with E-state index >= 15 is 0 Å². The van der Waals surface area contributed by atoms with Crippen LogP contribution >= 0.6 is 0 Å². The Morgan fingerprint density at radius 3 is 2.85 bits per heavy atom. The molecule has 2 heterocycles. The number of benzene rings is 2. The largest absolute Gasteiger partial charge is 0.507 e. The Labute approximate surface area is 155 Å². The molecule has 0 saturated carbocycles. The lowest BCUT2D eigenvalue weighted by Crippen LogP contribution is -2.39. The van der Waals surface area contributed by atoms with E-state index in [1.165, 1.54) is 6.07 Å². The second kappa shape index (κ2) is 7.19. The van der Waals surface area contributed by atoms with Gasteiger partial charge in [-0.05, 0) is 31.0 Å². The molecule has 27 heavy (non-hydrogen) atoms. The van der Waals surface area contributed by atoms with Crippen molar-refractivity contribution >= 4 is 5.91 Å². The topological polar surface area (TPSA) is 82.1 Å². The molecular formula is C20H19FN4O2. The van der Waals surface area contributed by atoms with Crippen molar-refractivity contribution < 1.29 is 14.3 Å². The van der Waals surface area contributed by atoms with E-state index in [0.717, 1.165) is 36.4 Å². The first-order valence-corrected chi connectivity index (χ1v) is 8.87. The summed E-state index contributed by atoms with van der Waals surface area (Å²) in [6.45, 7) is 1.00. The van der Waals surface area contributed by atoms with Gasteiger partial charge in [-0.15, -0.1) is 0 Å². The maximum Gasteiger partial charge on any atom is 0.257 e. The fourth-order valence-corrected chi connectivity index (χ4v) is 3.41. The van der Waals surface area contributed by atoms with Crippen LogP contribution in [0.15, 0.2) is 48.5 Å². The Morgan fingerprint density at radius 1 is 1.22 bits per heavy atom. The van der Waals surface area contributed by atoms with E-state index in [-0.39, 0.29) is 23.1 Å². The molecule has 1 unspecified atom stereocenters. The van der Waals surface area contributed by atoms with Crippen LogP contribution in [0.3, 0.4) is 0 Å². The summed E-state index contributed by atoms with van der Waals surface area (Å²) >= 11 is 0. The van der Waals surface area contributed by atoms with E-state index in [0.29, 0.717) is 18.9 Å². The number of halogens is 1. The van der Waals surface area contributed by atoms with Gasteiger partial charge < -0.3 is 10.0 Å². The summed E-state index contributed by atoms with van der Waals surface area (Å²) in [7, 11) is 0. The van der Waals surface area contributed by atoms with Gasteiger partial charge in [-0.25, -0.2) is 9.37 Å². The minimum atomic E-state index is -0.549. The van der Waals surface area contributed by atoms with Gasteiger partial charge in [0.2, 0.25) is 0 Å². The number of amides is 1. The molecule has 1 fully saturated rings. The van der Waals surface area contributed by atoms with Crippen molar-refractivity contribution in [3.05, 3.63) is 65.7 Å². The molecule has 138 valence electrons. The molecule has 6 nitrogen and oxygen atoms in total. The Balaban J connectivity index is 1.52. The van der Waals surface area contributed by atoms with Crippen LogP contribution in [-0.4, -0.2) is 44.2 Å². The molecule has 1 atom stereocenters. The third kappa shape index (κ3) is 3.53. The third-order valence-corrected chi connectivity index (χ3v) is 4.82.